The van der Waals surface area contributed by atoms with E-state index in [-0.39, 0.29) is 18.9 Å². The molecule has 0 bridgehead atoms. The lowest BCUT2D eigenvalue weighted by molar-refractivity contribution is -0.310. The number of halogens is 1. The monoisotopic (exact) mass is 222 g/mol. The standard InChI is InChI=1S/C11H10FNO3/c12-8-1-3-9(4-2-8)13-6-7(11(15)16)5-10(13)14/h1-4,7H,5-6H2,(H,15,16)/p-1/t7-/m0/s1. The van der Waals surface area contributed by atoms with Crippen LogP contribution in [0.2, 0.25) is 0 Å². The highest BCUT2D eigenvalue weighted by atomic mass is 19.1. The number of rotatable bonds is 2. The predicted octanol–water partition coefficient (Wildman–Crippen LogP) is -0.0715. The van der Waals surface area contributed by atoms with Crippen molar-refractivity contribution in [2.75, 3.05) is 11.4 Å². The topological polar surface area (TPSA) is 60.4 Å². The first-order valence-corrected chi connectivity index (χ1v) is 4.84. The third kappa shape index (κ3) is 1.88. The molecule has 1 amide bonds. The zero-order valence-corrected chi connectivity index (χ0v) is 8.35. The summed E-state index contributed by atoms with van der Waals surface area (Å²) in [6.07, 6.45) is -0.0558. The van der Waals surface area contributed by atoms with Gasteiger partial charge >= 0.3 is 0 Å². The minimum atomic E-state index is -1.22. The molecule has 1 aromatic rings. The number of benzene rings is 1. The van der Waals surface area contributed by atoms with E-state index in [1.165, 1.54) is 29.2 Å². The van der Waals surface area contributed by atoms with E-state index in [0.29, 0.717) is 5.69 Å². The molecular weight excluding hydrogens is 213 g/mol. The second-order valence-electron chi connectivity index (χ2n) is 3.70. The molecule has 1 fully saturated rings. The number of hydrogen-bond donors (Lipinski definition) is 0. The molecule has 1 heterocycles. The maximum Gasteiger partial charge on any atom is 0.227 e. The summed E-state index contributed by atoms with van der Waals surface area (Å²) < 4.78 is 12.7. The van der Waals surface area contributed by atoms with Crippen LogP contribution in [0.3, 0.4) is 0 Å². The average Bonchev–Trinajstić information content (AvgIpc) is 2.62. The van der Waals surface area contributed by atoms with Crippen LogP contribution < -0.4 is 10.0 Å². The lowest BCUT2D eigenvalue weighted by Gasteiger charge is -2.16. The van der Waals surface area contributed by atoms with Gasteiger partial charge in [0.1, 0.15) is 5.82 Å². The van der Waals surface area contributed by atoms with Crippen molar-refractivity contribution in [1.82, 2.24) is 0 Å². The molecule has 0 unspecified atom stereocenters. The molecule has 1 aromatic carbocycles. The van der Waals surface area contributed by atoms with Gasteiger partial charge in [-0.05, 0) is 24.3 Å². The van der Waals surface area contributed by atoms with Gasteiger partial charge in [0.2, 0.25) is 5.91 Å². The maximum atomic E-state index is 12.7. The molecule has 0 radical (unpaired) electrons. The molecule has 84 valence electrons. The van der Waals surface area contributed by atoms with E-state index in [1.54, 1.807) is 0 Å². The van der Waals surface area contributed by atoms with Crippen LogP contribution in [0.25, 0.3) is 0 Å². The molecule has 1 saturated heterocycles. The number of nitrogens with zero attached hydrogens (tertiary/aromatic N) is 1. The van der Waals surface area contributed by atoms with Crippen molar-refractivity contribution in [2.45, 2.75) is 6.42 Å². The van der Waals surface area contributed by atoms with Gasteiger partial charge in [-0.3, -0.25) is 4.79 Å². The Morgan fingerprint density at radius 3 is 2.50 bits per heavy atom. The Bertz CT molecular complexity index is 429. The fourth-order valence-electron chi connectivity index (χ4n) is 1.74. The summed E-state index contributed by atoms with van der Waals surface area (Å²) >= 11 is 0. The Labute approximate surface area is 91.3 Å². The van der Waals surface area contributed by atoms with Crippen LogP contribution in [0.1, 0.15) is 6.42 Å². The molecule has 16 heavy (non-hydrogen) atoms. The van der Waals surface area contributed by atoms with Crippen molar-refractivity contribution < 1.29 is 19.1 Å². The first kappa shape index (κ1) is 10.6. The van der Waals surface area contributed by atoms with Gasteiger partial charge in [0.05, 0.1) is 0 Å². The average molecular weight is 222 g/mol. The molecular formula is C11H9FNO3-. The van der Waals surface area contributed by atoms with E-state index in [2.05, 4.69) is 0 Å². The van der Waals surface area contributed by atoms with Crippen LogP contribution in [0.4, 0.5) is 10.1 Å². The number of carboxylic acid groups (broad SMARTS) is 1. The number of anilines is 1. The molecule has 1 aliphatic rings. The van der Waals surface area contributed by atoms with Crippen LogP contribution in [-0.2, 0) is 9.59 Å². The first-order chi connectivity index (χ1) is 7.58. The smallest absolute Gasteiger partial charge is 0.227 e. The predicted molar refractivity (Wildman–Crippen MR) is 51.9 cm³/mol. The quantitative estimate of drug-likeness (QED) is 0.703. The molecule has 1 atom stereocenters. The van der Waals surface area contributed by atoms with Crippen LogP contribution in [-0.4, -0.2) is 18.4 Å². The number of carboxylic acids is 1. The second-order valence-corrected chi connectivity index (χ2v) is 3.70. The van der Waals surface area contributed by atoms with E-state index in [9.17, 15) is 19.1 Å². The van der Waals surface area contributed by atoms with Gasteiger partial charge in [-0.25, -0.2) is 4.39 Å². The first-order valence-electron chi connectivity index (χ1n) is 4.84. The SMILES string of the molecule is O=C([O-])[C@H]1CC(=O)N(c2ccc(F)cc2)C1. The van der Waals surface area contributed by atoms with E-state index < -0.39 is 17.7 Å². The van der Waals surface area contributed by atoms with Crippen molar-refractivity contribution in [2.24, 2.45) is 5.92 Å². The van der Waals surface area contributed by atoms with E-state index >= 15 is 0 Å². The maximum absolute atomic E-state index is 12.7. The van der Waals surface area contributed by atoms with Gasteiger partial charge in [-0.2, -0.15) is 0 Å². The van der Waals surface area contributed by atoms with Crippen molar-refractivity contribution in [1.29, 1.82) is 0 Å². The van der Waals surface area contributed by atoms with Crippen LogP contribution in [0, 0.1) is 11.7 Å². The van der Waals surface area contributed by atoms with Gasteiger partial charge in [0, 0.05) is 30.5 Å². The molecule has 0 saturated carbocycles. The fourth-order valence-corrected chi connectivity index (χ4v) is 1.74. The van der Waals surface area contributed by atoms with Crippen LogP contribution >= 0.6 is 0 Å². The van der Waals surface area contributed by atoms with Crippen molar-refractivity contribution in [3.05, 3.63) is 30.1 Å². The molecule has 5 heteroatoms. The van der Waals surface area contributed by atoms with Crippen LogP contribution in [0.15, 0.2) is 24.3 Å². The molecule has 1 aliphatic heterocycles. The summed E-state index contributed by atoms with van der Waals surface area (Å²) in [6, 6.07) is 5.36. The summed E-state index contributed by atoms with van der Waals surface area (Å²) in [5.41, 5.74) is 0.509. The molecule has 0 spiro atoms. The largest absolute Gasteiger partial charge is 0.550 e. The van der Waals surface area contributed by atoms with Gasteiger partial charge < -0.3 is 14.8 Å². The summed E-state index contributed by atoms with van der Waals surface area (Å²) in [5.74, 6) is -2.68. The highest BCUT2D eigenvalue weighted by Gasteiger charge is 2.31. The number of hydrogen-bond acceptors (Lipinski definition) is 3. The van der Waals surface area contributed by atoms with Gasteiger partial charge in [0.25, 0.3) is 0 Å². The summed E-state index contributed by atoms with van der Waals surface area (Å²) in [6.45, 7) is 0.0901. The Balaban J connectivity index is 2.20. The van der Waals surface area contributed by atoms with Crippen molar-refractivity contribution in [3.8, 4) is 0 Å². The summed E-state index contributed by atoms with van der Waals surface area (Å²) in [5, 5.41) is 10.6. The Morgan fingerprint density at radius 2 is 2.00 bits per heavy atom. The van der Waals surface area contributed by atoms with Gasteiger partial charge in [-0.1, -0.05) is 0 Å². The number of aliphatic carboxylic acids is 1. The van der Waals surface area contributed by atoms with E-state index in [4.69, 9.17) is 0 Å². The normalized spacial score (nSPS) is 20.2. The van der Waals surface area contributed by atoms with Gasteiger partial charge in [-0.15, -0.1) is 0 Å². The second kappa shape index (κ2) is 3.92. The minimum absolute atomic E-state index is 0.0558. The number of carbonyl (C=O) groups excluding carboxylic acids is 2. The Kier molecular flexibility index (Phi) is 2.60. The van der Waals surface area contributed by atoms with Crippen molar-refractivity contribution in [3.63, 3.8) is 0 Å². The Hall–Kier alpha value is -1.91. The number of amides is 1. The zero-order valence-electron chi connectivity index (χ0n) is 8.35. The highest BCUT2D eigenvalue weighted by molar-refractivity contribution is 5.98. The molecule has 0 aromatic heterocycles. The van der Waals surface area contributed by atoms with Crippen LogP contribution in [0.5, 0.6) is 0 Å². The lowest BCUT2D eigenvalue weighted by Crippen LogP contribution is -2.33. The third-order valence-electron chi connectivity index (χ3n) is 2.60. The van der Waals surface area contributed by atoms with Gasteiger partial charge in [0.15, 0.2) is 0 Å². The molecule has 2 rings (SSSR count). The summed E-state index contributed by atoms with van der Waals surface area (Å²) in [7, 11) is 0. The zero-order chi connectivity index (χ0) is 11.7. The fraction of sp³-hybridized carbons (Fsp3) is 0.273. The van der Waals surface area contributed by atoms with Crippen molar-refractivity contribution >= 4 is 17.6 Å². The minimum Gasteiger partial charge on any atom is -0.550 e. The highest BCUT2D eigenvalue weighted by Crippen LogP contribution is 2.24. The van der Waals surface area contributed by atoms with E-state index in [0.717, 1.165) is 0 Å². The lowest BCUT2D eigenvalue weighted by atomic mass is 10.1. The Morgan fingerprint density at radius 1 is 1.38 bits per heavy atom. The third-order valence-corrected chi connectivity index (χ3v) is 2.60. The molecule has 0 aliphatic carbocycles. The number of carbonyl (C=O) groups is 2. The molecule has 0 N–H and O–H groups in total. The summed E-state index contributed by atoms with van der Waals surface area (Å²) in [4.78, 5) is 23.5. The van der Waals surface area contributed by atoms with E-state index in [1.807, 2.05) is 0 Å². The molecule has 4 nitrogen and oxygen atoms in total.